The molecule has 28 heavy (non-hydrogen) atoms. The van der Waals surface area contributed by atoms with Crippen molar-refractivity contribution in [2.75, 3.05) is 33.8 Å². The number of rotatable bonds is 5. The Balaban J connectivity index is 1.34. The van der Waals surface area contributed by atoms with Gasteiger partial charge < -0.3 is 14.5 Å². The summed E-state index contributed by atoms with van der Waals surface area (Å²) >= 11 is 0. The number of carbonyl (C=O) groups excluding carboxylic acids is 1. The molecule has 2 aromatic rings. The number of hydrogen-bond acceptors (Lipinski definition) is 5. The van der Waals surface area contributed by atoms with Gasteiger partial charge in [-0.15, -0.1) is 0 Å². The van der Waals surface area contributed by atoms with Gasteiger partial charge in [-0.3, -0.25) is 4.79 Å². The number of aryl methyl sites for hydroxylation is 1. The van der Waals surface area contributed by atoms with Crippen LogP contribution in [0.4, 0.5) is 0 Å². The topological polar surface area (TPSA) is 58.6 Å². The zero-order chi connectivity index (χ0) is 19.5. The molecule has 1 fully saturated rings. The molecule has 4 rings (SSSR count). The third-order valence-corrected chi connectivity index (χ3v) is 5.85. The maximum Gasteiger partial charge on any atom is 0.223 e. The quantitative estimate of drug-likeness (QED) is 0.797. The summed E-state index contributed by atoms with van der Waals surface area (Å²) < 4.78 is 5.18. The van der Waals surface area contributed by atoms with Crippen molar-refractivity contribution in [3.8, 4) is 5.75 Å². The molecule has 1 saturated heterocycles. The van der Waals surface area contributed by atoms with Crippen molar-refractivity contribution >= 4 is 5.91 Å². The molecule has 1 aromatic heterocycles. The second-order valence-electron chi connectivity index (χ2n) is 7.86. The minimum atomic E-state index is 0.197. The summed E-state index contributed by atoms with van der Waals surface area (Å²) in [7, 11) is 3.80. The van der Waals surface area contributed by atoms with Gasteiger partial charge in [0.05, 0.1) is 12.8 Å². The molecule has 0 radical (unpaired) electrons. The molecule has 0 unspecified atom stereocenters. The standard InChI is InChI=1S/C22H28N4O2/c1-25-11-9-17(14-25)22-23-13-18-15-26(12-10-20(18)24-22)21(27)8-5-16-3-6-19(28-2)7-4-16/h3-4,6-7,13,17H,5,8-12,14-15H2,1-2H3/t17-/m1/s1. The normalized spacial score (nSPS) is 19.5. The van der Waals surface area contributed by atoms with Gasteiger partial charge in [-0.2, -0.15) is 0 Å². The van der Waals surface area contributed by atoms with Gasteiger partial charge in [-0.25, -0.2) is 9.97 Å². The number of nitrogens with zero attached hydrogens (tertiary/aromatic N) is 4. The lowest BCUT2D eigenvalue weighted by atomic mass is 10.0. The summed E-state index contributed by atoms with van der Waals surface area (Å²) in [5.41, 5.74) is 3.37. The summed E-state index contributed by atoms with van der Waals surface area (Å²) in [5.74, 6) is 2.45. The molecular formula is C22H28N4O2. The van der Waals surface area contributed by atoms with Crippen molar-refractivity contribution in [3.05, 3.63) is 53.1 Å². The monoisotopic (exact) mass is 380 g/mol. The highest BCUT2D eigenvalue weighted by molar-refractivity contribution is 5.76. The zero-order valence-corrected chi connectivity index (χ0v) is 16.7. The average Bonchev–Trinajstić information content (AvgIpc) is 3.18. The van der Waals surface area contributed by atoms with Crippen LogP contribution in [0.2, 0.25) is 0 Å². The summed E-state index contributed by atoms with van der Waals surface area (Å²) in [6, 6.07) is 7.92. The number of carbonyl (C=O) groups is 1. The number of ether oxygens (including phenoxy) is 1. The van der Waals surface area contributed by atoms with Crippen molar-refractivity contribution in [2.24, 2.45) is 0 Å². The predicted octanol–water partition coefficient (Wildman–Crippen LogP) is 2.42. The van der Waals surface area contributed by atoms with E-state index in [1.165, 1.54) is 0 Å². The van der Waals surface area contributed by atoms with E-state index in [-0.39, 0.29) is 5.91 Å². The van der Waals surface area contributed by atoms with E-state index in [1.54, 1.807) is 7.11 Å². The average molecular weight is 380 g/mol. The molecule has 6 nitrogen and oxygen atoms in total. The van der Waals surface area contributed by atoms with E-state index < -0.39 is 0 Å². The summed E-state index contributed by atoms with van der Waals surface area (Å²) in [6.07, 6.45) is 5.16. The van der Waals surface area contributed by atoms with Crippen LogP contribution < -0.4 is 4.74 Å². The largest absolute Gasteiger partial charge is 0.497 e. The number of amides is 1. The van der Waals surface area contributed by atoms with E-state index in [1.807, 2.05) is 35.4 Å². The van der Waals surface area contributed by atoms with Crippen molar-refractivity contribution < 1.29 is 9.53 Å². The molecule has 2 aliphatic rings. The summed E-state index contributed by atoms with van der Waals surface area (Å²) in [4.78, 5) is 26.4. The summed E-state index contributed by atoms with van der Waals surface area (Å²) in [6.45, 7) is 3.52. The lowest BCUT2D eigenvalue weighted by Crippen LogP contribution is -2.36. The van der Waals surface area contributed by atoms with Crippen LogP contribution in [0.25, 0.3) is 0 Å². The number of methoxy groups -OCH3 is 1. The Hall–Kier alpha value is -2.47. The van der Waals surface area contributed by atoms with Gasteiger partial charge in [0.15, 0.2) is 0 Å². The molecule has 148 valence electrons. The smallest absolute Gasteiger partial charge is 0.223 e. The van der Waals surface area contributed by atoms with E-state index >= 15 is 0 Å². The fourth-order valence-corrected chi connectivity index (χ4v) is 4.09. The first-order valence-corrected chi connectivity index (χ1v) is 10.1. The molecule has 3 heterocycles. The molecule has 0 bridgehead atoms. The third kappa shape index (κ3) is 4.17. The van der Waals surface area contributed by atoms with Crippen LogP contribution in [0.15, 0.2) is 30.5 Å². The predicted molar refractivity (Wildman–Crippen MR) is 107 cm³/mol. The highest BCUT2D eigenvalue weighted by Gasteiger charge is 2.26. The van der Waals surface area contributed by atoms with E-state index in [0.717, 1.165) is 67.3 Å². The second kappa shape index (κ2) is 8.27. The Morgan fingerprint density at radius 1 is 1.25 bits per heavy atom. The zero-order valence-electron chi connectivity index (χ0n) is 16.7. The minimum Gasteiger partial charge on any atom is -0.497 e. The molecule has 1 atom stereocenters. The van der Waals surface area contributed by atoms with Crippen molar-refractivity contribution in [2.45, 2.75) is 38.1 Å². The number of likely N-dealkylation sites (N-methyl/N-ethyl adjacent to an activating group) is 1. The van der Waals surface area contributed by atoms with Crippen LogP contribution in [0.5, 0.6) is 5.75 Å². The molecule has 1 amide bonds. The Morgan fingerprint density at radius 3 is 2.79 bits per heavy atom. The van der Waals surface area contributed by atoms with Gasteiger partial charge in [0.1, 0.15) is 11.6 Å². The van der Waals surface area contributed by atoms with E-state index in [9.17, 15) is 4.79 Å². The summed E-state index contributed by atoms with van der Waals surface area (Å²) in [5, 5.41) is 0. The fourth-order valence-electron chi connectivity index (χ4n) is 4.09. The lowest BCUT2D eigenvalue weighted by Gasteiger charge is -2.28. The molecule has 0 spiro atoms. The Morgan fingerprint density at radius 2 is 2.07 bits per heavy atom. The number of aromatic nitrogens is 2. The van der Waals surface area contributed by atoms with Crippen LogP contribution in [-0.4, -0.2) is 59.5 Å². The maximum absolute atomic E-state index is 12.7. The fraction of sp³-hybridized carbons (Fsp3) is 0.500. The first-order chi connectivity index (χ1) is 13.6. The van der Waals surface area contributed by atoms with E-state index in [4.69, 9.17) is 9.72 Å². The van der Waals surface area contributed by atoms with Crippen LogP contribution in [0.1, 0.15) is 41.4 Å². The van der Waals surface area contributed by atoms with Gasteiger partial charge in [-0.05, 0) is 44.1 Å². The highest BCUT2D eigenvalue weighted by atomic mass is 16.5. The Bertz CT molecular complexity index is 837. The molecule has 0 N–H and O–H groups in total. The molecule has 2 aliphatic heterocycles. The van der Waals surface area contributed by atoms with Crippen LogP contribution in [-0.2, 0) is 24.2 Å². The number of hydrogen-bond donors (Lipinski definition) is 0. The van der Waals surface area contributed by atoms with Gasteiger partial charge in [0, 0.05) is 50.2 Å². The van der Waals surface area contributed by atoms with Crippen molar-refractivity contribution in [1.82, 2.24) is 19.8 Å². The SMILES string of the molecule is COc1ccc(CCC(=O)N2CCc3nc([C@@H]4CCN(C)C4)ncc3C2)cc1. The Kier molecular flexibility index (Phi) is 5.57. The van der Waals surface area contributed by atoms with Gasteiger partial charge in [0.2, 0.25) is 5.91 Å². The van der Waals surface area contributed by atoms with Gasteiger partial charge in [0.25, 0.3) is 0 Å². The highest BCUT2D eigenvalue weighted by Crippen LogP contribution is 2.25. The molecule has 6 heteroatoms. The van der Waals surface area contributed by atoms with Crippen LogP contribution in [0, 0.1) is 0 Å². The third-order valence-electron chi connectivity index (χ3n) is 5.85. The number of fused-ring (bicyclic) bond motifs is 1. The van der Waals surface area contributed by atoms with Crippen molar-refractivity contribution in [3.63, 3.8) is 0 Å². The van der Waals surface area contributed by atoms with E-state index in [0.29, 0.717) is 18.9 Å². The maximum atomic E-state index is 12.7. The first-order valence-electron chi connectivity index (χ1n) is 10.1. The Labute approximate surface area is 166 Å². The van der Waals surface area contributed by atoms with Crippen molar-refractivity contribution in [1.29, 1.82) is 0 Å². The molecule has 0 saturated carbocycles. The van der Waals surface area contributed by atoms with Gasteiger partial charge in [-0.1, -0.05) is 12.1 Å². The number of benzene rings is 1. The minimum absolute atomic E-state index is 0.197. The molecule has 1 aromatic carbocycles. The molecular weight excluding hydrogens is 352 g/mol. The first kappa shape index (κ1) is 18.9. The number of likely N-dealkylation sites (tertiary alicyclic amines) is 1. The van der Waals surface area contributed by atoms with Crippen LogP contribution in [0.3, 0.4) is 0 Å². The second-order valence-corrected chi connectivity index (χ2v) is 7.86. The molecule has 0 aliphatic carbocycles. The lowest BCUT2D eigenvalue weighted by molar-refractivity contribution is -0.132. The van der Waals surface area contributed by atoms with Gasteiger partial charge >= 0.3 is 0 Å². The van der Waals surface area contributed by atoms with E-state index in [2.05, 4.69) is 16.9 Å². The van der Waals surface area contributed by atoms with Crippen LogP contribution >= 0.6 is 0 Å².